The van der Waals surface area contributed by atoms with Crippen LogP contribution in [0, 0.1) is 13.8 Å². The van der Waals surface area contributed by atoms with Crippen LogP contribution in [0.15, 0.2) is 60.8 Å². The van der Waals surface area contributed by atoms with E-state index in [0.29, 0.717) is 0 Å². The van der Waals surface area contributed by atoms with Gasteiger partial charge < -0.3 is 15.3 Å². The second-order valence-corrected chi connectivity index (χ2v) is 9.34. The molecule has 0 aliphatic carbocycles. The lowest BCUT2D eigenvalue weighted by molar-refractivity contribution is 1.17. The molecule has 6 rings (SSSR count). The third-order valence-electron chi connectivity index (χ3n) is 6.62. The van der Waals surface area contributed by atoms with Gasteiger partial charge in [-0.3, -0.25) is 0 Å². The quantitative estimate of drug-likeness (QED) is 0.366. The molecule has 3 aromatic rings. The van der Waals surface area contributed by atoms with Crippen molar-refractivity contribution in [3.8, 4) is 0 Å². The maximum absolute atomic E-state index is 5.07. The summed E-state index contributed by atoms with van der Waals surface area (Å²) in [4.78, 5) is 17.3. The van der Waals surface area contributed by atoms with Gasteiger partial charge in [0.25, 0.3) is 0 Å². The summed E-state index contributed by atoms with van der Waals surface area (Å²) in [6.45, 7) is 8.48. The zero-order chi connectivity index (χ0) is 24.1. The minimum Gasteiger partial charge on any atom is -0.361 e. The highest BCUT2D eigenvalue weighted by Crippen LogP contribution is 2.32. The maximum Gasteiger partial charge on any atom is 0.0755 e. The number of nitrogens with one attached hydrogen (secondary N) is 3. The molecule has 0 saturated carbocycles. The molecule has 0 atom stereocenters. The molecule has 5 heteroatoms. The zero-order valence-electron chi connectivity index (χ0n) is 20.3. The van der Waals surface area contributed by atoms with Crippen LogP contribution in [0.1, 0.15) is 53.3 Å². The summed E-state index contributed by atoms with van der Waals surface area (Å²) in [5.74, 6) is 0. The molecule has 0 amide bonds. The number of allylic oxidation sites excluding steroid dienone is 6. The molecule has 35 heavy (non-hydrogen) atoms. The van der Waals surface area contributed by atoms with Crippen molar-refractivity contribution in [2.45, 2.75) is 27.7 Å². The van der Waals surface area contributed by atoms with Crippen molar-refractivity contribution < 1.29 is 0 Å². The summed E-state index contributed by atoms with van der Waals surface area (Å²) in [6, 6.07) is 10.8. The summed E-state index contributed by atoms with van der Waals surface area (Å²) < 4.78 is 0. The van der Waals surface area contributed by atoms with Crippen LogP contribution in [0.25, 0.3) is 51.1 Å². The van der Waals surface area contributed by atoms with Crippen molar-refractivity contribution in [1.29, 1.82) is 0 Å². The number of nitrogens with zero attached hydrogens (tertiary/aromatic N) is 2. The normalized spacial score (nSPS) is 14.8. The number of rotatable bonds is 1. The number of aromatic amines is 2. The van der Waals surface area contributed by atoms with Crippen LogP contribution in [-0.2, 0) is 0 Å². The van der Waals surface area contributed by atoms with E-state index in [4.69, 9.17) is 9.97 Å². The summed E-state index contributed by atoms with van der Waals surface area (Å²) in [5, 5.41) is 3.42. The molecule has 0 spiro atoms. The fraction of sp³-hybridized carbons (Fsp3) is 0.133. The molecule has 6 heterocycles. The molecule has 3 aromatic heterocycles. The molecule has 0 saturated heterocycles. The molecule has 0 fully saturated rings. The van der Waals surface area contributed by atoms with Gasteiger partial charge in [0.05, 0.1) is 22.8 Å². The molecule has 3 aliphatic rings. The molecule has 5 nitrogen and oxygen atoms in total. The molecule has 3 aliphatic heterocycles. The van der Waals surface area contributed by atoms with Crippen LogP contribution in [-0.4, -0.2) is 19.9 Å². The predicted molar refractivity (Wildman–Crippen MR) is 147 cm³/mol. The molecule has 0 aromatic carbocycles. The highest BCUT2D eigenvalue weighted by molar-refractivity contribution is 5.92. The second kappa shape index (κ2) is 8.13. The minimum absolute atomic E-state index is 0.903. The third kappa shape index (κ3) is 3.85. The van der Waals surface area contributed by atoms with Gasteiger partial charge in [-0.1, -0.05) is 12.2 Å². The third-order valence-corrected chi connectivity index (χ3v) is 6.62. The van der Waals surface area contributed by atoms with Crippen LogP contribution < -0.4 is 5.32 Å². The van der Waals surface area contributed by atoms with E-state index in [-0.39, 0.29) is 0 Å². The van der Waals surface area contributed by atoms with Gasteiger partial charge >= 0.3 is 0 Å². The first-order valence-corrected chi connectivity index (χ1v) is 11.8. The number of aryl methyl sites for hydroxylation is 2. The van der Waals surface area contributed by atoms with Crippen molar-refractivity contribution in [1.82, 2.24) is 25.3 Å². The number of aromatic nitrogens is 4. The van der Waals surface area contributed by atoms with Gasteiger partial charge in [-0.25, -0.2) is 9.97 Å². The number of H-pyrrole nitrogens is 2. The average molecular weight is 458 g/mol. The summed E-state index contributed by atoms with van der Waals surface area (Å²) in [7, 11) is 0. The van der Waals surface area contributed by atoms with Crippen molar-refractivity contribution in [3.05, 3.63) is 100 Å². The highest BCUT2D eigenvalue weighted by atomic mass is 14.9. The van der Waals surface area contributed by atoms with Crippen molar-refractivity contribution in [3.63, 3.8) is 0 Å². The van der Waals surface area contributed by atoms with Gasteiger partial charge in [-0.05, 0) is 105 Å². The number of hydrogen-bond donors (Lipinski definition) is 3. The summed E-state index contributed by atoms with van der Waals surface area (Å²) in [5.41, 5.74) is 14.6. The Labute approximate surface area is 204 Å². The standard InChI is InChI=1S/C30H27N5/c1-17-10-21-14-24-19(3)12-28(34-24)30(23-8-6-5-7-9-31-23)29-13-20(4)25(35-29)15-22-11-18(2)27(33-22)16-26(17)32-21/h5-16,31-33H,1-4H3. The van der Waals surface area contributed by atoms with Gasteiger partial charge in [0, 0.05) is 39.5 Å². The lowest BCUT2D eigenvalue weighted by Gasteiger charge is -2.09. The number of fused-ring (bicyclic) bond motifs is 8. The Bertz CT molecular complexity index is 1600. The van der Waals surface area contributed by atoms with Gasteiger partial charge in [-0.15, -0.1) is 0 Å². The Hall–Kier alpha value is -4.38. The topological polar surface area (TPSA) is 69.4 Å². The fourth-order valence-electron chi connectivity index (χ4n) is 4.72. The van der Waals surface area contributed by atoms with E-state index in [1.54, 1.807) is 0 Å². The molecular formula is C30H27N5. The first-order chi connectivity index (χ1) is 16.9. The molecular weight excluding hydrogens is 430 g/mol. The van der Waals surface area contributed by atoms with E-state index >= 15 is 0 Å². The Morgan fingerprint density at radius 1 is 0.629 bits per heavy atom. The molecule has 0 unspecified atom stereocenters. The van der Waals surface area contributed by atoms with E-state index in [2.05, 4.69) is 91.5 Å². The van der Waals surface area contributed by atoms with E-state index in [1.165, 1.54) is 11.1 Å². The smallest absolute Gasteiger partial charge is 0.0755 e. The van der Waals surface area contributed by atoms with Crippen molar-refractivity contribution in [2.24, 2.45) is 0 Å². The summed E-state index contributed by atoms with van der Waals surface area (Å²) in [6.07, 6.45) is 14.3. The molecule has 0 radical (unpaired) electrons. The van der Waals surface area contributed by atoms with E-state index in [0.717, 1.165) is 67.2 Å². The lowest BCUT2D eigenvalue weighted by atomic mass is 10.1. The first kappa shape index (κ1) is 21.2. The van der Waals surface area contributed by atoms with Crippen LogP contribution >= 0.6 is 0 Å². The predicted octanol–water partition coefficient (Wildman–Crippen LogP) is 7.07. The van der Waals surface area contributed by atoms with Crippen molar-refractivity contribution >= 4 is 51.1 Å². The largest absolute Gasteiger partial charge is 0.361 e. The van der Waals surface area contributed by atoms with Gasteiger partial charge in [-0.2, -0.15) is 0 Å². The Morgan fingerprint density at radius 3 is 1.77 bits per heavy atom. The van der Waals surface area contributed by atoms with Crippen LogP contribution in [0.2, 0.25) is 0 Å². The van der Waals surface area contributed by atoms with E-state index in [9.17, 15) is 0 Å². The van der Waals surface area contributed by atoms with Crippen LogP contribution in [0.4, 0.5) is 0 Å². The highest BCUT2D eigenvalue weighted by Gasteiger charge is 2.19. The Balaban J connectivity index is 1.76. The molecule has 172 valence electrons. The minimum atomic E-state index is 0.903. The van der Waals surface area contributed by atoms with Crippen LogP contribution in [0.3, 0.4) is 0 Å². The van der Waals surface area contributed by atoms with E-state index < -0.39 is 0 Å². The fourth-order valence-corrected chi connectivity index (χ4v) is 4.72. The monoisotopic (exact) mass is 457 g/mol. The second-order valence-electron chi connectivity index (χ2n) is 9.34. The van der Waals surface area contributed by atoms with E-state index in [1.807, 2.05) is 24.4 Å². The average Bonchev–Trinajstić information content (AvgIpc) is 3.48. The molecule has 8 bridgehead atoms. The van der Waals surface area contributed by atoms with Crippen LogP contribution in [0.5, 0.6) is 0 Å². The molecule has 3 N–H and O–H groups in total. The maximum atomic E-state index is 5.07. The van der Waals surface area contributed by atoms with Gasteiger partial charge in [0.15, 0.2) is 0 Å². The van der Waals surface area contributed by atoms with Crippen molar-refractivity contribution in [2.75, 3.05) is 0 Å². The zero-order valence-corrected chi connectivity index (χ0v) is 20.3. The Morgan fingerprint density at radius 2 is 1.20 bits per heavy atom. The first-order valence-electron chi connectivity index (χ1n) is 11.8. The Kier molecular flexibility index (Phi) is 4.92. The lowest BCUT2D eigenvalue weighted by Crippen LogP contribution is -2.06. The van der Waals surface area contributed by atoms with Gasteiger partial charge in [0.2, 0.25) is 0 Å². The number of hydrogen-bond acceptors (Lipinski definition) is 3. The van der Waals surface area contributed by atoms with Gasteiger partial charge in [0.1, 0.15) is 0 Å². The SMILES string of the molecule is CC1=Cc2nc1cc1cc(C)c(cc3[nH]c(cc4nc(c2C2=CC=CC=CN2)C=C4C)cc3C)[nH]1. The summed E-state index contributed by atoms with van der Waals surface area (Å²) >= 11 is 0.